The van der Waals surface area contributed by atoms with E-state index in [1.54, 1.807) is 6.07 Å². The van der Waals surface area contributed by atoms with E-state index in [9.17, 15) is 9.18 Å². The SMILES string of the molecule is O=C(NC1(C2CCCNC2)CC1)c1cc2c(Cl)cc(F)cc2[nH]1. The number of hydrogen-bond donors (Lipinski definition) is 3. The Hall–Kier alpha value is -1.59. The number of halogens is 2. The number of nitrogens with one attached hydrogen (secondary N) is 3. The smallest absolute Gasteiger partial charge is 0.268 e. The third-order valence-electron chi connectivity index (χ3n) is 5.13. The van der Waals surface area contributed by atoms with Gasteiger partial charge in [0.25, 0.3) is 5.91 Å². The fraction of sp³-hybridized carbons (Fsp3) is 0.471. The minimum Gasteiger partial charge on any atom is -0.350 e. The lowest BCUT2D eigenvalue weighted by Gasteiger charge is -2.31. The number of hydrogen-bond acceptors (Lipinski definition) is 2. The Labute approximate surface area is 138 Å². The molecule has 1 aliphatic carbocycles. The lowest BCUT2D eigenvalue weighted by molar-refractivity contribution is 0.0901. The van der Waals surface area contributed by atoms with Crippen molar-refractivity contribution in [3.05, 3.63) is 34.7 Å². The maximum Gasteiger partial charge on any atom is 0.268 e. The maximum absolute atomic E-state index is 13.4. The van der Waals surface area contributed by atoms with Crippen LogP contribution in [-0.4, -0.2) is 29.5 Å². The van der Waals surface area contributed by atoms with Crippen LogP contribution in [-0.2, 0) is 0 Å². The second kappa shape index (κ2) is 5.49. The molecule has 1 saturated heterocycles. The summed E-state index contributed by atoms with van der Waals surface area (Å²) in [7, 11) is 0. The fourth-order valence-corrected chi connectivity index (χ4v) is 3.93. The first-order chi connectivity index (χ1) is 11.1. The van der Waals surface area contributed by atoms with Crippen molar-refractivity contribution in [2.24, 2.45) is 5.92 Å². The number of rotatable bonds is 3. The van der Waals surface area contributed by atoms with E-state index in [0.717, 1.165) is 38.8 Å². The average Bonchev–Trinajstić information content (AvgIpc) is 3.18. The molecule has 1 saturated carbocycles. The Bertz CT molecular complexity index is 763. The number of fused-ring (bicyclic) bond motifs is 1. The molecule has 0 spiro atoms. The predicted molar refractivity (Wildman–Crippen MR) is 88.3 cm³/mol. The van der Waals surface area contributed by atoms with Gasteiger partial charge in [0.2, 0.25) is 0 Å². The predicted octanol–water partition coefficient (Wildman–Crippen LogP) is 3.22. The quantitative estimate of drug-likeness (QED) is 0.806. The standard InChI is InChI=1S/C17H19ClFN3O/c18-13-6-11(19)7-14-12(13)8-15(21-14)16(23)22-17(3-4-17)10-2-1-5-20-9-10/h6-8,10,20-21H,1-5,9H2,(H,22,23). The van der Waals surface area contributed by atoms with Crippen LogP contribution in [0, 0.1) is 11.7 Å². The molecule has 2 aromatic rings. The van der Waals surface area contributed by atoms with Gasteiger partial charge in [0, 0.05) is 17.5 Å². The van der Waals surface area contributed by atoms with E-state index in [0.29, 0.717) is 27.5 Å². The van der Waals surface area contributed by atoms with Gasteiger partial charge in [-0.15, -0.1) is 0 Å². The zero-order valence-corrected chi connectivity index (χ0v) is 13.5. The van der Waals surface area contributed by atoms with Crippen molar-refractivity contribution in [1.82, 2.24) is 15.6 Å². The number of H-pyrrole nitrogens is 1. The van der Waals surface area contributed by atoms with Crippen molar-refractivity contribution in [1.29, 1.82) is 0 Å². The molecule has 4 rings (SSSR count). The van der Waals surface area contributed by atoms with Crippen LogP contribution in [0.4, 0.5) is 4.39 Å². The number of amides is 1. The van der Waals surface area contributed by atoms with E-state index in [4.69, 9.17) is 11.6 Å². The summed E-state index contributed by atoms with van der Waals surface area (Å²) in [5.74, 6) is -0.0605. The van der Waals surface area contributed by atoms with Crippen molar-refractivity contribution in [2.75, 3.05) is 13.1 Å². The van der Waals surface area contributed by atoms with Crippen LogP contribution in [0.25, 0.3) is 10.9 Å². The second-order valence-electron chi connectivity index (χ2n) is 6.69. The van der Waals surface area contributed by atoms with Crippen molar-refractivity contribution in [3.63, 3.8) is 0 Å². The summed E-state index contributed by atoms with van der Waals surface area (Å²) >= 11 is 6.05. The number of carbonyl (C=O) groups excluding carboxylic acids is 1. The van der Waals surface area contributed by atoms with E-state index in [2.05, 4.69) is 15.6 Å². The molecule has 1 aromatic carbocycles. The highest BCUT2D eigenvalue weighted by atomic mass is 35.5. The van der Waals surface area contributed by atoms with Gasteiger partial charge in [0.15, 0.2) is 0 Å². The van der Waals surface area contributed by atoms with Gasteiger partial charge in [-0.1, -0.05) is 11.6 Å². The molecule has 4 nitrogen and oxygen atoms in total. The molecule has 23 heavy (non-hydrogen) atoms. The van der Waals surface area contributed by atoms with Gasteiger partial charge in [-0.3, -0.25) is 4.79 Å². The lowest BCUT2D eigenvalue weighted by atomic mass is 9.89. The van der Waals surface area contributed by atoms with E-state index in [1.807, 2.05) is 0 Å². The molecule has 1 amide bonds. The third kappa shape index (κ3) is 2.72. The van der Waals surface area contributed by atoms with E-state index >= 15 is 0 Å². The Balaban J connectivity index is 1.56. The molecule has 2 heterocycles. The number of aromatic nitrogens is 1. The molecule has 2 aliphatic rings. The minimum absolute atomic E-state index is 0.0726. The summed E-state index contributed by atoms with van der Waals surface area (Å²) in [6.07, 6.45) is 4.36. The molecule has 3 N–H and O–H groups in total. The fourth-order valence-electron chi connectivity index (χ4n) is 3.67. The first-order valence-corrected chi connectivity index (χ1v) is 8.46. The van der Waals surface area contributed by atoms with Gasteiger partial charge in [0.05, 0.1) is 10.5 Å². The topological polar surface area (TPSA) is 56.9 Å². The van der Waals surface area contributed by atoms with Crippen molar-refractivity contribution in [2.45, 2.75) is 31.2 Å². The van der Waals surface area contributed by atoms with Crippen LogP contribution in [0.1, 0.15) is 36.2 Å². The highest BCUT2D eigenvalue weighted by Gasteiger charge is 2.50. The van der Waals surface area contributed by atoms with Crippen LogP contribution in [0.5, 0.6) is 0 Å². The van der Waals surface area contributed by atoms with Crippen molar-refractivity contribution >= 4 is 28.4 Å². The molecular formula is C17H19ClFN3O. The summed E-state index contributed by atoms with van der Waals surface area (Å²) in [6.45, 7) is 2.02. The molecule has 1 unspecified atom stereocenters. The van der Waals surface area contributed by atoms with E-state index < -0.39 is 5.82 Å². The first-order valence-electron chi connectivity index (χ1n) is 8.08. The highest BCUT2D eigenvalue weighted by Crippen LogP contribution is 2.45. The lowest BCUT2D eigenvalue weighted by Crippen LogP contribution is -2.48. The molecular weight excluding hydrogens is 317 g/mol. The van der Waals surface area contributed by atoms with Crippen LogP contribution < -0.4 is 10.6 Å². The molecule has 1 aromatic heterocycles. The number of benzene rings is 1. The van der Waals surface area contributed by atoms with Crippen LogP contribution in [0.3, 0.4) is 0 Å². The molecule has 0 radical (unpaired) electrons. The average molecular weight is 336 g/mol. The number of aromatic amines is 1. The molecule has 122 valence electrons. The van der Waals surface area contributed by atoms with Crippen LogP contribution in [0.15, 0.2) is 18.2 Å². The summed E-state index contributed by atoms with van der Waals surface area (Å²) < 4.78 is 13.4. The zero-order valence-electron chi connectivity index (χ0n) is 12.7. The normalized spacial score (nSPS) is 23.0. The van der Waals surface area contributed by atoms with Gasteiger partial charge < -0.3 is 15.6 Å². The van der Waals surface area contributed by atoms with Crippen molar-refractivity contribution < 1.29 is 9.18 Å². The van der Waals surface area contributed by atoms with Gasteiger partial charge in [-0.05, 0) is 56.3 Å². The summed E-state index contributed by atoms with van der Waals surface area (Å²) in [5, 5.41) is 7.59. The zero-order chi connectivity index (χ0) is 16.0. The molecule has 6 heteroatoms. The Morgan fingerprint density at radius 2 is 2.17 bits per heavy atom. The molecule has 0 bridgehead atoms. The van der Waals surface area contributed by atoms with Crippen LogP contribution in [0.2, 0.25) is 5.02 Å². The van der Waals surface area contributed by atoms with Gasteiger partial charge in [-0.25, -0.2) is 4.39 Å². The highest BCUT2D eigenvalue weighted by molar-refractivity contribution is 6.35. The van der Waals surface area contributed by atoms with Crippen molar-refractivity contribution in [3.8, 4) is 0 Å². The Morgan fingerprint density at radius 1 is 1.35 bits per heavy atom. The molecule has 1 atom stereocenters. The molecule has 2 fully saturated rings. The minimum atomic E-state index is -0.414. The largest absolute Gasteiger partial charge is 0.350 e. The van der Waals surface area contributed by atoms with Gasteiger partial charge in [-0.2, -0.15) is 0 Å². The Morgan fingerprint density at radius 3 is 2.87 bits per heavy atom. The maximum atomic E-state index is 13.4. The van der Waals surface area contributed by atoms with Gasteiger partial charge in [0.1, 0.15) is 11.5 Å². The van der Waals surface area contributed by atoms with E-state index in [1.165, 1.54) is 12.1 Å². The summed E-state index contributed by atoms with van der Waals surface area (Å²) in [5.41, 5.74) is 0.906. The number of piperidine rings is 1. The van der Waals surface area contributed by atoms with Crippen LogP contribution >= 0.6 is 11.6 Å². The Kier molecular flexibility index (Phi) is 3.58. The summed E-state index contributed by atoms with van der Waals surface area (Å²) in [6, 6.07) is 4.31. The molecule has 1 aliphatic heterocycles. The number of carbonyl (C=O) groups is 1. The monoisotopic (exact) mass is 335 g/mol. The van der Waals surface area contributed by atoms with Gasteiger partial charge >= 0.3 is 0 Å². The third-order valence-corrected chi connectivity index (χ3v) is 5.44. The first kappa shape index (κ1) is 15.0. The summed E-state index contributed by atoms with van der Waals surface area (Å²) in [4.78, 5) is 15.6. The second-order valence-corrected chi connectivity index (χ2v) is 7.09. The van der Waals surface area contributed by atoms with E-state index in [-0.39, 0.29) is 11.4 Å².